The number of hydrogen-bond acceptors (Lipinski definition) is 5. The number of aliphatic hydroxyl groups is 1. The summed E-state index contributed by atoms with van der Waals surface area (Å²) in [6.45, 7) is 1.28. The number of amides is 3. The Morgan fingerprint density at radius 1 is 1.19 bits per heavy atom. The molecule has 1 aliphatic carbocycles. The summed E-state index contributed by atoms with van der Waals surface area (Å²) in [6.07, 6.45) is 2.17. The highest BCUT2D eigenvalue weighted by molar-refractivity contribution is 5.93. The van der Waals surface area contributed by atoms with E-state index in [1.165, 1.54) is 0 Å². The molecule has 0 unspecified atom stereocenters. The van der Waals surface area contributed by atoms with Gasteiger partial charge in [-0.15, -0.1) is 0 Å². The molecule has 3 amide bonds. The Hall–Kier alpha value is -3.26. The monoisotopic (exact) mass is 439 g/mol. The van der Waals surface area contributed by atoms with Crippen LogP contribution in [0.25, 0.3) is 0 Å². The van der Waals surface area contributed by atoms with Gasteiger partial charge < -0.3 is 24.8 Å². The second-order valence-electron chi connectivity index (χ2n) is 8.19. The third-order valence-corrected chi connectivity index (χ3v) is 6.02. The molecule has 2 aromatic rings. The lowest BCUT2D eigenvalue weighted by molar-refractivity contribution is 0.0849. The summed E-state index contributed by atoms with van der Waals surface area (Å²) >= 11 is 0. The van der Waals surface area contributed by atoms with Crippen LogP contribution in [0.4, 0.5) is 21.0 Å². The Bertz CT molecular complexity index is 958. The highest BCUT2D eigenvalue weighted by atomic mass is 16.6. The molecule has 0 atom stereocenters. The maximum absolute atomic E-state index is 13.4. The van der Waals surface area contributed by atoms with Crippen molar-refractivity contribution in [1.82, 2.24) is 4.90 Å². The third kappa shape index (κ3) is 5.13. The second-order valence-corrected chi connectivity index (χ2v) is 8.19. The Balaban J connectivity index is 1.52. The number of hydrogen-bond donors (Lipinski definition) is 2. The molecule has 1 saturated heterocycles. The summed E-state index contributed by atoms with van der Waals surface area (Å²) in [4.78, 5) is 28.6. The number of benzene rings is 2. The minimum Gasteiger partial charge on any atom is -0.497 e. The molecule has 4 rings (SSSR count). The number of aliphatic hydroxyl groups excluding tert-OH is 1. The molecule has 1 heterocycles. The van der Waals surface area contributed by atoms with Gasteiger partial charge in [0.2, 0.25) is 0 Å². The maximum atomic E-state index is 13.4. The van der Waals surface area contributed by atoms with Crippen LogP contribution in [0.3, 0.4) is 0 Å². The van der Waals surface area contributed by atoms with Crippen LogP contribution >= 0.6 is 0 Å². The average Bonchev–Trinajstić information content (AvgIpc) is 3.24. The van der Waals surface area contributed by atoms with Gasteiger partial charge in [0.1, 0.15) is 12.4 Å². The Morgan fingerprint density at radius 2 is 1.97 bits per heavy atom. The molecule has 2 aromatic carbocycles. The molecule has 0 bridgehead atoms. The molecule has 2 aliphatic rings. The van der Waals surface area contributed by atoms with Crippen molar-refractivity contribution < 1.29 is 24.2 Å². The van der Waals surface area contributed by atoms with Crippen LogP contribution in [-0.2, 0) is 11.3 Å². The largest absolute Gasteiger partial charge is 0.497 e. The molecule has 8 heteroatoms. The first-order valence-corrected chi connectivity index (χ1v) is 11.0. The summed E-state index contributed by atoms with van der Waals surface area (Å²) in [7, 11) is 1.62. The zero-order valence-electron chi connectivity index (χ0n) is 18.2. The van der Waals surface area contributed by atoms with Crippen LogP contribution in [-0.4, -0.2) is 54.5 Å². The second kappa shape index (κ2) is 9.91. The van der Waals surface area contributed by atoms with Crippen molar-refractivity contribution in [2.24, 2.45) is 0 Å². The van der Waals surface area contributed by atoms with Crippen LogP contribution in [0.1, 0.15) is 31.2 Å². The fraction of sp³-hybridized carbons (Fsp3) is 0.417. The lowest BCUT2D eigenvalue weighted by Gasteiger charge is -2.36. The molecule has 1 aliphatic heterocycles. The van der Waals surface area contributed by atoms with Crippen molar-refractivity contribution in [3.63, 3.8) is 0 Å². The molecular formula is C24H29N3O5. The van der Waals surface area contributed by atoms with E-state index in [0.717, 1.165) is 24.2 Å². The molecule has 0 radical (unpaired) electrons. The fourth-order valence-corrected chi connectivity index (χ4v) is 4.28. The smallest absolute Gasteiger partial charge is 0.414 e. The Morgan fingerprint density at radius 3 is 2.69 bits per heavy atom. The maximum Gasteiger partial charge on any atom is 0.414 e. The summed E-state index contributed by atoms with van der Waals surface area (Å²) in [5.41, 5.74) is 2.27. The lowest BCUT2D eigenvalue weighted by Crippen LogP contribution is -2.44. The van der Waals surface area contributed by atoms with Gasteiger partial charge in [-0.1, -0.05) is 18.2 Å². The van der Waals surface area contributed by atoms with Crippen LogP contribution in [0.15, 0.2) is 48.5 Å². The number of nitrogens with one attached hydrogen (secondary N) is 1. The van der Waals surface area contributed by atoms with E-state index >= 15 is 0 Å². The van der Waals surface area contributed by atoms with Crippen molar-refractivity contribution in [2.75, 3.05) is 30.5 Å². The Kier molecular flexibility index (Phi) is 6.80. The van der Waals surface area contributed by atoms with Crippen LogP contribution in [0.5, 0.6) is 5.75 Å². The van der Waals surface area contributed by atoms with E-state index in [9.17, 15) is 14.7 Å². The predicted molar refractivity (Wildman–Crippen MR) is 121 cm³/mol. The fourth-order valence-electron chi connectivity index (χ4n) is 4.28. The highest BCUT2D eigenvalue weighted by Crippen LogP contribution is 2.27. The van der Waals surface area contributed by atoms with Gasteiger partial charge in [-0.25, -0.2) is 9.59 Å². The van der Waals surface area contributed by atoms with Crippen molar-refractivity contribution in [3.05, 3.63) is 54.1 Å². The standard InChI is InChI=1S/C24H29N3O5/c1-31-22-7-2-4-17(14-22)16-27(19-8-10-21(28)11-9-19)23(29)25-18-5-3-6-20(15-18)26-12-13-32-24(26)30/h2-7,14-15,19,21,28H,8-13,16H2,1H3,(H,25,29). The van der Waals surface area contributed by atoms with Crippen LogP contribution < -0.4 is 15.0 Å². The number of nitrogens with zero attached hydrogens (tertiary/aromatic N) is 2. The first-order valence-electron chi connectivity index (χ1n) is 11.0. The number of anilines is 2. The number of cyclic esters (lactones) is 1. The number of urea groups is 1. The number of carbonyl (C=O) groups is 2. The van der Waals surface area contributed by atoms with Gasteiger partial charge in [0.15, 0.2) is 0 Å². The first-order chi connectivity index (χ1) is 15.5. The molecular weight excluding hydrogens is 410 g/mol. The molecule has 2 N–H and O–H groups in total. The Labute approximate surface area is 187 Å². The van der Waals surface area contributed by atoms with E-state index in [1.54, 1.807) is 30.2 Å². The van der Waals surface area contributed by atoms with E-state index in [-0.39, 0.29) is 24.3 Å². The average molecular weight is 440 g/mol. The van der Waals surface area contributed by atoms with Gasteiger partial charge in [-0.05, 0) is 61.6 Å². The quantitative estimate of drug-likeness (QED) is 0.710. The van der Waals surface area contributed by atoms with Gasteiger partial charge in [0, 0.05) is 24.0 Å². The predicted octanol–water partition coefficient (Wildman–Crippen LogP) is 3.99. The first kappa shape index (κ1) is 22.0. The van der Waals surface area contributed by atoms with E-state index in [4.69, 9.17) is 9.47 Å². The van der Waals surface area contributed by atoms with Crippen molar-refractivity contribution >= 4 is 23.5 Å². The van der Waals surface area contributed by atoms with Gasteiger partial charge in [0.25, 0.3) is 0 Å². The minimum atomic E-state index is -0.381. The molecule has 1 saturated carbocycles. The van der Waals surface area contributed by atoms with Crippen LogP contribution in [0.2, 0.25) is 0 Å². The SMILES string of the molecule is COc1cccc(CN(C(=O)Nc2cccc(N3CCOC3=O)c2)C2CCC(O)CC2)c1. The zero-order chi connectivity index (χ0) is 22.5. The van der Waals surface area contributed by atoms with Gasteiger partial charge in [-0.2, -0.15) is 0 Å². The number of ether oxygens (including phenoxy) is 2. The van der Waals surface area contributed by atoms with E-state index in [1.807, 2.05) is 35.2 Å². The summed E-state index contributed by atoms with van der Waals surface area (Å²) in [5.74, 6) is 0.743. The molecule has 32 heavy (non-hydrogen) atoms. The topological polar surface area (TPSA) is 91.3 Å². The normalized spacial score (nSPS) is 20.6. The number of methoxy groups -OCH3 is 1. The van der Waals surface area contributed by atoms with Crippen molar-refractivity contribution in [3.8, 4) is 5.75 Å². The number of carbonyl (C=O) groups excluding carboxylic acids is 2. The molecule has 0 aromatic heterocycles. The van der Waals surface area contributed by atoms with Gasteiger partial charge in [0.05, 0.1) is 19.8 Å². The minimum absolute atomic E-state index is 0.0290. The molecule has 0 spiro atoms. The summed E-state index contributed by atoms with van der Waals surface area (Å²) < 4.78 is 10.3. The van der Waals surface area contributed by atoms with E-state index < -0.39 is 0 Å². The van der Waals surface area contributed by atoms with E-state index in [0.29, 0.717) is 43.9 Å². The van der Waals surface area contributed by atoms with E-state index in [2.05, 4.69) is 5.32 Å². The summed E-state index contributed by atoms with van der Waals surface area (Å²) in [5, 5.41) is 12.9. The van der Waals surface area contributed by atoms with Crippen molar-refractivity contribution in [2.45, 2.75) is 44.4 Å². The zero-order valence-corrected chi connectivity index (χ0v) is 18.2. The molecule has 2 fully saturated rings. The van der Waals surface area contributed by atoms with Crippen LogP contribution in [0, 0.1) is 0 Å². The van der Waals surface area contributed by atoms with Gasteiger partial charge in [-0.3, -0.25) is 4.90 Å². The molecule has 170 valence electrons. The lowest BCUT2D eigenvalue weighted by atomic mass is 9.92. The molecule has 8 nitrogen and oxygen atoms in total. The van der Waals surface area contributed by atoms with Gasteiger partial charge >= 0.3 is 12.1 Å². The highest BCUT2D eigenvalue weighted by Gasteiger charge is 2.29. The third-order valence-electron chi connectivity index (χ3n) is 6.02. The van der Waals surface area contributed by atoms with Crippen molar-refractivity contribution in [1.29, 1.82) is 0 Å². The number of rotatable bonds is 6. The summed E-state index contributed by atoms with van der Waals surface area (Å²) in [6, 6.07) is 14.7.